The fraction of sp³-hybridized carbons (Fsp3) is 0. The second-order valence-electron chi connectivity index (χ2n) is 3.93. The number of rotatable bonds is 2. The lowest BCUT2D eigenvalue weighted by Crippen LogP contribution is -2.13. The smallest absolute Gasteiger partial charge is 0.255 e. The Kier molecular flexibility index (Phi) is 4.11. The van der Waals surface area contributed by atoms with Crippen LogP contribution in [-0.2, 0) is 0 Å². The molecule has 0 fully saturated rings. The van der Waals surface area contributed by atoms with Gasteiger partial charge in [-0.05, 0) is 24.3 Å². The van der Waals surface area contributed by atoms with Gasteiger partial charge in [-0.1, -0.05) is 23.2 Å². The number of nitrogen functional groups attached to an aromatic ring is 1. The first-order valence-electron chi connectivity index (χ1n) is 5.39. The predicted molar refractivity (Wildman–Crippen MR) is 75.2 cm³/mol. The van der Waals surface area contributed by atoms with Crippen molar-refractivity contribution >= 4 is 40.5 Å². The summed E-state index contributed by atoms with van der Waals surface area (Å²) < 4.78 is 26.4. The number of nitrogens with two attached hydrogens (primary N) is 1. The minimum absolute atomic E-state index is 0.170. The Hall–Kier alpha value is -1.85. The second kappa shape index (κ2) is 5.64. The van der Waals surface area contributed by atoms with E-state index >= 15 is 0 Å². The SMILES string of the molecule is Nc1ccc(C(=O)Nc2c(F)cc(F)cc2Cl)cc1Cl. The van der Waals surface area contributed by atoms with Gasteiger partial charge < -0.3 is 11.1 Å². The van der Waals surface area contributed by atoms with Gasteiger partial charge in [0, 0.05) is 11.6 Å². The van der Waals surface area contributed by atoms with Crippen LogP contribution in [0.2, 0.25) is 10.0 Å². The van der Waals surface area contributed by atoms with Crippen molar-refractivity contribution < 1.29 is 13.6 Å². The van der Waals surface area contributed by atoms with Crippen molar-refractivity contribution in [2.24, 2.45) is 0 Å². The van der Waals surface area contributed by atoms with Crippen molar-refractivity contribution in [3.05, 3.63) is 57.6 Å². The lowest BCUT2D eigenvalue weighted by molar-refractivity contribution is 0.102. The summed E-state index contributed by atoms with van der Waals surface area (Å²) in [6.07, 6.45) is 0. The molecule has 0 spiro atoms. The molecule has 0 aliphatic carbocycles. The maximum Gasteiger partial charge on any atom is 0.255 e. The Morgan fingerprint density at radius 1 is 1.10 bits per heavy atom. The average molecular weight is 317 g/mol. The van der Waals surface area contributed by atoms with E-state index in [-0.39, 0.29) is 21.3 Å². The average Bonchev–Trinajstić information content (AvgIpc) is 2.36. The highest BCUT2D eigenvalue weighted by Gasteiger charge is 2.15. The van der Waals surface area contributed by atoms with Gasteiger partial charge in [0.25, 0.3) is 5.91 Å². The van der Waals surface area contributed by atoms with Crippen LogP contribution >= 0.6 is 23.2 Å². The summed E-state index contributed by atoms with van der Waals surface area (Å²) in [4.78, 5) is 11.9. The van der Waals surface area contributed by atoms with Crippen molar-refractivity contribution in [3.8, 4) is 0 Å². The number of benzene rings is 2. The summed E-state index contributed by atoms with van der Waals surface area (Å²) >= 11 is 11.5. The summed E-state index contributed by atoms with van der Waals surface area (Å²) in [5.74, 6) is -2.44. The molecule has 3 nitrogen and oxygen atoms in total. The first-order chi connectivity index (χ1) is 9.38. The van der Waals surface area contributed by atoms with E-state index in [9.17, 15) is 13.6 Å². The Morgan fingerprint density at radius 3 is 2.40 bits per heavy atom. The van der Waals surface area contributed by atoms with Gasteiger partial charge in [-0.15, -0.1) is 0 Å². The number of anilines is 2. The number of amides is 1. The monoisotopic (exact) mass is 316 g/mol. The van der Waals surface area contributed by atoms with Crippen molar-refractivity contribution in [2.75, 3.05) is 11.1 Å². The molecule has 0 aliphatic heterocycles. The number of hydrogen-bond donors (Lipinski definition) is 2. The van der Waals surface area contributed by atoms with Crippen LogP contribution in [0.4, 0.5) is 20.2 Å². The lowest BCUT2D eigenvalue weighted by Gasteiger charge is -2.09. The molecule has 1 amide bonds. The molecule has 0 bridgehead atoms. The number of hydrogen-bond acceptors (Lipinski definition) is 2. The standard InChI is InChI=1S/C13H8Cl2F2N2O/c14-8-3-6(1-2-11(8)18)13(20)19-12-9(15)4-7(16)5-10(12)17/h1-5H,18H2,(H,19,20). The molecule has 2 rings (SSSR count). The van der Waals surface area contributed by atoms with E-state index in [1.54, 1.807) is 0 Å². The van der Waals surface area contributed by atoms with E-state index in [0.29, 0.717) is 11.8 Å². The van der Waals surface area contributed by atoms with E-state index in [4.69, 9.17) is 28.9 Å². The Bertz CT molecular complexity index is 669. The van der Waals surface area contributed by atoms with Gasteiger partial charge in [0.1, 0.15) is 5.82 Å². The van der Waals surface area contributed by atoms with Crippen LogP contribution in [0.3, 0.4) is 0 Å². The van der Waals surface area contributed by atoms with Crippen LogP contribution in [0.25, 0.3) is 0 Å². The van der Waals surface area contributed by atoms with Gasteiger partial charge in [-0.25, -0.2) is 8.78 Å². The molecule has 0 unspecified atom stereocenters. The van der Waals surface area contributed by atoms with Crippen LogP contribution in [0.1, 0.15) is 10.4 Å². The zero-order valence-corrected chi connectivity index (χ0v) is 11.4. The highest BCUT2D eigenvalue weighted by molar-refractivity contribution is 6.34. The summed E-state index contributed by atoms with van der Waals surface area (Å²) in [5.41, 5.74) is 5.70. The predicted octanol–water partition coefficient (Wildman–Crippen LogP) is 4.11. The molecule has 0 radical (unpaired) electrons. The van der Waals surface area contributed by atoms with Crippen LogP contribution < -0.4 is 11.1 Å². The number of carbonyl (C=O) groups is 1. The molecule has 104 valence electrons. The number of nitrogens with one attached hydrogen (secondary N) is 1. The fourth-order valence-electron chi connectivity index (χ4n) is 1.52. The van der Waals surface area contributed by atoms with Gasteiger partial charge in [-0.2, -0.15) is 0 Å². The van der Waals surface area contributed by atoms with E-state index in [2.05, 4.69) is 5.32 Å². The molecular formula is C13H8Cl2F2N2O. The van der Waals surface area contributed by atoms with Crippen LogP contribution in [0, 0.1) is 11.6 Å². The van der Waals surface area contributed by atoms with Gasteiger partial charge in [0.2, 0.25) is 0 Å². The van der Waals surface area contributed by atoms with Gasteiger partial charge in [-0.3, -0.25) is 4.79 Å². The van der Waals surface area contributed by atoms with Crippen molar-refractivity contribution in [2.45, 2.75) is 0 Å². The third-order valence-corrected chi connectivity index (χ3v) is 3.13. The van der Waals surface area contributed by atoms with Crippen molar-refractivity contribution in [1.29, 1.82) is 0 Å². The minimum atomic E-state index is -0.968. The molecule has 0 heterocycles. The van der Waals surface area contributed by atoms with E-state index in [1.165, 1.54) is 18.2 Å². The van der Waals surface area contributed by atoms with Gasteiger partial charge in [0.15, 0.2) is 5.82 Å². The topological polar surface area (TPSA) is 55.1 Å². The molecule has 20 heavy (non-hydrogen) atoms. The van der Waals surface area contributed by atoms with Gasteiger partial charge in [0.05, 0.1) is 21.4 Å². The maximum absolute atomic E-state index is 13.5. The third-order valence-electron chi connectivity index (χ3n) is 2.51. The van der Waals surface area contributed by atoms with Crippen LogP contribution in [-0.4, -0.2) is 5.91 Å². The Labute approximate surface area is 123 Å². The lowest BCUT2D eigenvalue weighted by atomic mass is 10.2. The molecule has 7 heteroatoms. The molecule has 2 aromatic carbocycles. The quantitative estimate of drug-likeness (QED) is 0.819. The fourth-order valence-corrected chi connectivity index (χ4v) is 1.94. The zero-order valence-electron chi connectivity index (χ0n) is 9.88. The first kappa shape index (κ1) is 14.6. The summed E-state index contributed by atoms with van der Waals surface area (Å²) in [5, 5.41) is 2.22. The summed E-state index contributed by atoms with van der Waals surface area (Å²) in [6, 6.07) is 5.72. The van der Waals surface area contributed by atoms with Crippen LogP contribution in [0.5, 0.6) is 0 Å². The molecule has 0 aromatic heterocycles. The highest BCUT2D eigenvalue weighted by atomic mass is 35.5. The molecule has 0 saturated heterocycles. The highest BCUT2D eigenvalue weighted by Crippen LogP contribution is 2.27. The van der Waals surface area contributed by atoms with Gasteiger partial charge >= 0.3 is 0 Å². The molecule has 2 aromatic rings. The number of halogens is 4. The zero-order chi connectivity index (χ0) is 14.9. The van der Waals surface area contributed by atoms with Crippen molar-refractivity contribution in [1.82, 2.24) is 0 Å². The number of carbonyl (C=O) groups excluding carboxylic acids is 1. The van der Waals surface area contributed by atoms with E-state index in [1.807, 2.05) is 0 Å². The largest absolute Gasteiger partial charge is 0.398 e. The molecule has 0 atom stereocenters. The third kappa shape index (κ3) is 3.00. The summed E-state index contributed by atoms with van der Waals surface area (Å²) in [7, 11) is 0. The van der Waals surface area contributed by atoms with Crippen molar-refractivity contribution in [3.63, 3.8) is 0 Å². The Balaban J connectivity index is 2.30. The maximum atomic E-state index is 13.5. The second-order valence-corrected chi connectivity index (χ2v) is 4.75. The van der Waals surface area contributed by atoms with Crippen LogP contribution in [0.15, 0.2) is 30.3 Å². The minimum Gasteiger partial charge on any atom is -0.398 e. The Morgan fingerprint density at radius 2 is 1.80 bits per heavy atom. The normalized spacial score (nSPS) is 10.4. The molecular weight excluding hydrogens is 309 g/mol. The molecule has 3 N–H and O–H groups in total. The molecule has 0 saturated carbocycles. The van der Waals surface area contributed by atoms with E-state index in [0.717, 1.165) is 6.07 Å². The summed E-state index contributed by atoms with van der Waals surface area (Å²) in [6.45, 7) is 0. The van der Waals surface area contributed by atoms with E-state index < -0.39 is 17.5 Å². The first-order valence-corrected chi connectivity index (χ1v) is 6.15. The molecule has 0 aliphatic rings.